The molecule has 1 amide bonds. The molecule has 1 N–H and O–H groups in total. The molecule has 0 aliphatic carbocycles. The lowest BCUT2D eigenvalue weighted by molar-refractivity contribution is 0.0651. The lowest BCUT2D eigenvalue weighted by Gasteiger charge is -2.37. The van der Waals surface area contributed by atoms with Crippen molar-refractivity contribution in [3.63, 3.8) is 0 Å². The molecule has 0 spiro atoms. The van der Waals surface area contributed by atoms with E-state index in [4.69, 9.17) is 16.0 Å². The van der Waals surface area contributed by atoms with Gasteiger partial charge in [0.25, 0.3) is 5.91 Å². The van der Waals surface area contributed by atoms with Crippen molar-refractivity contribution in [2.75, 3.05) is 5.32 Å². The average molecular weight is 399 g/mol. The smallest absolute Gasteiger partial charge is 0.258 e. The molecule has 0 unspecified atom stereocenters. The van der Waals surface area contributed by atoms with E-state index in [0.29, 0.717) is 28.9 Å². The zero-order valence-electron chi connectivity index (χ0n) is 16.1. The highest BCUT2D eigenvalue weighted by molar-refractivity contribution is 6.30. The number of nitrogens with zero attached hydrogens (tertiary/aromatic N) is 3. The molecule has 4 rings (SSSR count). The van der Waals surface area contributed by atoms with Crippen LogP contribution in [0.1, 0.15) is 47.4 Å². The highest BCUT2D eigenvalue weighted by atomic mass is 35.5. The number of halogens is 1. The summed E-state index contributed by atoms with van der Waals surface area (Å²) < 4.78 is 7.31. The van der Waals surface area contributed by atoms with Crippen LogP contribution in [0.4, 0.5) is 5.69 Å². The summed E-state index contributed by atoms with van der Waals surface area (Å²) >= 11 is 6.73. The Hall–Kier alpha value is -2.73. The number of furan rings is 1. The minimum Gasteiger partial charge on any atom is -0.467 e. The molecule has 146 valence electrons. The summed E-state index contributed by atoms with van der Waals surface area (Å²) in [5, 5.41) is 8.66. The van der Waals surface area contributed by atoms with Crippen LogP contribution in [-0.4, -0.2) is 20.6 Å². The Morgan fingerprint density at radius 2 is 2.04 bits per heavy atom. The Morgan fingerprint density at radius 3 is 2.75 bits per heavy atom. The summed E-state index contributed by atoms with van der Waals surface area (Å²) in [5.74, 6) is 1.05. The van der Waals surface area contributed by atoms with Crippen molar-refractivity contribution in [1.29, 1.82) is 0 Å². The first kappa shape index (κ1) is 18.6. The number of aryl methyl sites for hydroxylation is 1. The van der Waals surface area contributed by atoms with Gasteiger partial charge in [-0.05, 0) is 37.1 Å². The van der Waals surface area contributed by atoms with E-state index >= 15 is 0 Å². The van der Waals surface area contributed by atoms with E-state index in [1.807, 2.05) is 48.0 Å². The summed E-state index contributed by atoms with van der Waals surface area (Å²) in [7, 11) is 0. The van der Waals surface area contributed by atoms with Gasteiger partial charge in [0.1, 0.15) is 17.1 Å². The summed E-state index contributed by atoms with van der Waals surface area (Å²) in [6.07, 6.45) is 1.18. The fourth-order valence-electron chi connectivity index (χ4n) is 3.60. The van der Waals surface area contributed by atoms with Gasteiger partial charge in [-0.25, -0.2) is 0 Å². The highest BCUT2D eigenvalue weighted by Crippen LogP contribution is 2.38. The predicted molar refractivity (Wildman–Crippen MR) is 108 cm³/mol. The predicted octanol–water partition coefficient (Wildman–Crippen LogP) is 4.86. The molecule has 0 saturated carbocycles. The van der Waals surface area contributed by atoms with Gasteiger partial charge in [-0.2, -0.15) is 5.10 Å². The Labute approximate surface area is 169 Å². The molecule has 28 heavy (non-hydrogen) atoms. The van der Waals surface area contributed by atoms with Crippen molar-refractivity contribution in [1.82, 2.24) is 14.7 Å². The van der Waals surface area contributed by atoms with Crippen molar-refractivity contribution in [3.05, 3.63) is 70.4 Å². The second-order valence-electron chi connectivity index (χ2n) is 7.47. The van der Waals surface area contributed by atoms with Crippen LogP contribution in [-0.2, 0) is 13.1 Å². The largest absolute Gasteiger partial charge is 0.467 e. The van der Waals surface area contributed by atoms with Gasteiger partial charge < -0.3 is 14.6 Å². The van der Waals surface area contributed by atoms with Gasteiger partial charge >= 0.3 is 0 Å². The lowest BCUT2D eigenvalue weighted by Crippen LogP contribution is -2.42. The number of anilines is 1. The number of amides is 1. The molecule has 3 heterocycles. The highest BCUT2D eigenvalue weighted by Gasteiger charge is 2.36. The number of hydrogen-bond acceptors (Lipinski definition) is 4. The maximum Gasteiger partial charge on any atom is 0.258 e. The quantitative estimate of drug-likeness (QED) is 0.666. The van der Waals surface area contributed by atoms with Crippen LogP contribution >= 0.6 is 11.6 Å². The molecular weight excluding hydrogens is 376 g/mol. The summed E-state index contributed by atoms with van der Waals surface area (Å²) in [4.78, 5) is 15.1. The zero-order chi connectivity index (χ0) is 19.8. The molecule has 6 nitrogen and oxygen atoms in total. The maximum absolute atomic E-state index is 13.3. The first-order valence-electron chi connectivity index (χ1n) is 9.37. The van der Waals surface area contributed by atoms with Crippen molar-refractivity contribution >= 4 is 23.2 Å². The van der Waals surface area contributed by atoms with Crippen molar-refractivity contribution < 1.29 is 9.21 Å². The van der Waals surface area contributed by atoms with Gasteiger partial charge in [0.15, 0.2) is 0 Å². The van der Waals surface area contributed by atoms with E-state index in [1.165, 1.54) is 0 Å². The van der Waals surface area contributed by atoms with Gasteiger partial charge in [-0.15, -0.1) is 0 Å². The van der Waals surface area contributed by atoms with Crippen LogP contribution in [0.3, 0.4) is 0 Å². The minimum atomic E-state index is -0.430. The van der Waals surface area contributed by atoms with E-state index in [2.05, 4.69) is 24.3 Å². The molecule has 7 heteroatoms. The lowest BCUT2D eigenvalue weighted by atomic mass is 10.0. The molecule has 1 aliphatic rings. The molecule has 2 aromatic heterocycles. The third-order valence-electron chi connectivity index (χ3n) is 4.85. The molecule has 0 radical (unpaired) electrons. The SMILES string of the molecule is Cc1nn(CC(C)C)c(Cl)c1[C@H]1Nc2ccccc2C(=O)N1Cc1ccco1. The van der Waals surface area contributed by atoms with Gasteiger partial charge in [-0.1, -0.05) is 37.6 Å². The van der Waals surface area contributed by atoms with E-state index in [0.717, 1.165) is 23.5 Å². The third-order valence-corrected chi connectivity index (χ3v) is 5.25. The number of hydrogen-bond donors (Lipinski definition) is 1. The van der Waals surface area contributed by atoms with Crippen molar-refractivity contribution in [2.24, 2.45) is 5.92 Å². The second-order valence-corrected chi connectivity index (χ2v) is 7.83. The fraction of sp³-hybridized carbons (Fsp3) is 0.333. The Bertz CT molecular complexity index is 994. The Balaban J connectivity index is 1.79. The summed E-state index contributed by atoms with van der Waals surface area (Å²) in [6.45, 7) is 7.22. The number of benzene rings is 1. The number of carbonyl (C=O) groups excluding carboxylic acids is 1. The first-order valence-corrected chi connectivity index (χ1v) is 9.75. The molecule has 1 aliphatic heterocycles. The molecule has 0 bridgehead atoms. The molecule has 0 saturated heterocycles. The number of nitrogens with one attached hydrogen (secondary N) is 1. The first-order chi connectivity index (χ1) is 13.5. The number of aromatic nitrogens is 2. The monoisotopic (exact) mass is 398 g/mol. The molecule has 0 fully saturated rings. The average Bonchev–Trinajstić information content (AvgIpc) is 3.26. The molecule has 1 atom stereocenters. The Morgan fingerprint density at radius 1 is 1.25 bits per heavy atom. The minimum absolute atomic E-state index is 0.0668. The third kappa shape index (κ3) is 3.29. The fourth-order valence-corrected chi connectivity index (χ4v) is 3.95. The normalized spacial score (nSPS) is 16.4. The van der Waals surface area contributed by atoms with Crippen LogP contribution in [0.2, 0.25) is 5.15 Å². The van der Waals surface area contributed by atoms with Gasteiger partial charge in [0.2, 0.25) is 0 Å². The maximum atomic E-state index is 13.3. The van der Waals surface area contributed by atoms with Crippen molar-refractivity contribution in [3.8, 4) is 0 Å². The number of para-hydroxylation sites is 1. The molecular formula is C21H23ClN4O2. The molecule has 3 aromatic rings. The second kappa shape index (κ2) is 7.36. The van der Waals surface area contributed by atoms with E-state index in [-0.39, 0.29) is 5.91 Å². The Kier molecular flexibility index (Phi) is 4.89. The molecule has 1 aromatic carbocycles. The standard InChI is InChI=1S/C21H23ClN4O2/c1-13(2)11-26-19(22)18(14(3)24-26)20-23-17-9-5-4-8-16(17)21(27)25(20)12-15-7-6-10-28-15/h4-10,13,20,23H,11-12H2,1-3H3/t20-/m0/s1. The van der Waals surface area contributed by atoms with Gasteiger partial charge in [0.05, 0.1) is 29.6 Å². The van der Waals surface area contributed by atoms with Crippen molar-refractivity contribution in [2.45, 2.75) is 40.0 Å². The van der Waals surface area contributed by atoms with Gasteiger partial charge in [0, 0.05) is 12.2 Å². The number of carbonyl (C=O) groups is 1. The number of rotatable bonds is 5. The van der Waals surface area contributed by atoms with E-state index in [9.17, 15) is 4.79 Å². The van der Waals surface area contributed by atoms with Crippen LogP contribution in [0.5, 0.6) is 0 Å². The van der Waals surface area contributed by atoms with Crippen LogP contribution in [0, 0.1) is 12.8 Å². The van der Waals surface area contributed by atoms with Crippen LogP contribution in [0.25, 0.3) is 0 Å². The van der Waals surface area contributed by atoms with Crippen LogP contribution in [0.15, 0.2) is 47.1 Å². The van der Waals surface area contributed by atoms with Crippen LogP contribution < -0.4 is 5.32 Å². The number of fused-ring (bicyclic) bond motifs is 1. The zero-order valence-corrected chi connectivity index (χ0v) is 16.9. The summed E-state index contributed by atoms with van der Waals surface area (Å²) in [5.41, 5.74) is 3.05. The van der Waals surface area contributed by atoms with E-state index < -0.39 is 6.17 Å². The van der Waals surface area contributed by atoms with Gasteiger partial charge in [-0.3, -0.25) is 9.48 Å². The summed E-state index contributed by atoms with van der Waals surface area (Å²) in [6, 6.07) is 11.2. The van der Waals surface area contributed by atoms with E-state index in [1.54, 1.807) is 11.2 Å². The topological polar surface area (TPSA) is 63.3 Å².